The van der Waals surface area contributed by atoms with Gasteiger partial charge in [0.2, 0.25) is 15.9 Å². The van der Waals surface area contributed by atoms with Gasteiger partial charge in [-0.3, -0.25) is 4.79 Å². The zero-order valence-electron chi connectivity index (χ0n) is 12.8. The number of amides is 1. The molecule has 0 atom stereocenters. The first kappa shape index (κ1) is 16.9. The van der Waals surface area contributed by atoms with E-state index >= 15 is 0 Å². The smallest absolute Gasteiger partial charge is 0.227 e. The highest BCUT2D eigenvalue weighted by Gasteiger charge is 2.30. The lowest BCUT2D eigenvalue weighted by Gasteiger charge is -2.30. The van der Waals surface area contributed by atoms with E-state index in [-0.39, 0.29) is 23.3 Å². The van der Waals surface area contributed by atoms with Gasteiger partial charge in [-0.2, -0.15) is 0 Å². The fraction of sp³-hybridized carbons (Fsp3) is 0.533. The normalized spacial score (nSPS) is 17.4. The molecule has 0 radical (unpaired) electrons. The maximum atomic E-state index is 13.7. The van der Waals surface area contributed by atoms with Gasteiger partial charge in [0.05, 0.1) is 11.4 Å². The number of carbonyl (C=O) groups excluding carboxylic acids is 1. The van der Waals surface area contributed by atoms with E-state index in [2.05, 4.69) is 5.32 Å². The SMILES string of the molecule is CCS(=O)(=O)N1CCC(C(=O)Nc2cc(C)ccc2F)CC1. The van der Waals surface area contributed by atoms with Crippen molar-refractivity contribution in [2.75, 3.05) is 24.2 Å². The Labute approximate surface area is 130 Å². The summed E-state index contributed by atoms with van der Waals surface area (Å²) < 4.78 is 38.6. The first-order valence-corrected chi connectivity index (χ1v) is 8.99. The molecule has 1 fully saturated rings. The number of carbonyl (C=O) groups is 1. The molecule has 5 nitrogen and oxygen atoms in total. The summed E-state index contributed by atoms with van der Waals surface area (Å²) in [4.78, 5) is 12.2. The molecule has 1 saturated heterocycles. The summed E-state index contributed by atoms with van der Waals surface area (Å²) in [6.07, 6.45) is 0.914. The van der Waals surface area contributed by atoms with E-state index in [0.29, 0.717) is 25.9 Å². The van der Waals surface area contributed by atoms with Gasteiger partial charge in [0.15, 0.2) is 0 Å². The van der Waals surface area contributed by atoms with Gasteiger partial charge in [-0.15, -0.1) is 0 Å². The fourth-order valence-corrected chi connectivity index (χ4v) is 3.68. The number of benzene rings is 1. The molecule has 0 bridgehead atoms. The topological polar surface area (TPSA) is 66.5 Å². The second-order valence-electron chi connectivity index (χ2n) is 5.55. The van der Waals surface area contributed by atoms with Crippen molar-refractivity contribution in [1.82, 2.24) is 4.31 Å². The van der Waals surface area contributed by atoms with Crippen LogP contribution >= 0.6 is 0 Å². The van der Waals surface area contributed by atoms with Crippen molar-refractivity contribution in [1.29, 1.82) is 0 Å². The molecule has 0 saturated carbocycles. The second-order valence-corrected chi connectivity index (χ2v) is 7.80. The van der Waals surface area contributed by atoms with Gasteiger partial charge in [-0.25, -0.2) is 17.1 Å². The molecule has 1 aliphatic heterocycles. The molecule has 0 aliphatic carbocycles. The molecule has 22 heavy (non-hydrogen) atoms. The van der Waals surface area contributed by atoms with Crippen molar-refractivity contribution in [3.63, 3.8) is 0 Å². The third-order valence-corrected chi connectivity index (χ3v) is 5.84. The van der Waals surface area contributed by atoms with Crippen LogP contribution in [-0.4, -0.2) is 37.5 Å². The Morgan fingerprint density at radius 3 is 2.59 bits per heavy atom. The highest BCUT2D eigenvalue weighted by molar-refractivity contribution is 7.89. The van der Waals surface area contributed by atoms with Gasteiger partial charge in [0, 0.05) is 19.0 Å². The zero-order chi connectivity index (χ0) is 16.3. The largest absolute Gasteiger partial charge is 0.323 e. The van der Waals surface area contributed by atoms with E-state index in [9.17, 15) is 17.6 Å². The van der Waals surface area contributed by atoms with E-state index in [4.69, 9.17) is 0 Å². The lowest BCUT2D eigenvalue weighted by atomic mass is 9.97. The van der Waals surface area contributed by atoms with Crippen LogP contribution in [0.1, 0.15) is 25.3 Å². The average molecular weight is 328 g/mol. The number of aryl methyl sites for hydroxylation is 1. The van der Waals surface area contributed by atoms with Crippen LogP contribution < -0.4 is 5.32 Å². The van der Waals surface area contributed by atoms with Crippen LogP contribution in [0.15, 0.2) is 18.2 Å². The Kier molecular flexibility index (Phi) is 5.18. The van der Waals surface area contributed by atoms with Crippen molar-refractivity contribution < 1.29 is 17.6 Å². The number of rotatable bonds is 4. The van der Waals surface area contributed by atoms with Crippen LogP contribution in [0.4, 0.5) is 10.1 Å². The molecule has 1 heterocycles. The molecule has 0 aromatic heterocycles. The van der Waals surface area contributed by atoms with Crippen LogP contribution in [0, 0.1) is 18.7 Å². The van der Waals surface area contributed by atoms with E-state index in [1.807, 2.05) is 6.92 Å². The summed E-state index contributed by atoms with van der Waals surface area (Å²) in [6, 6.07) is 4.55. The number of anilines is 1. The first-order valence-electron chi connectivity index (χ1n) is 7.38. The second kappa shape index (κ2) is 6.75. The van der Waals surface area contributed by atoms with Gasteiger partial charge >= 0.3 is 0 Å². The first-order chi connectivity index (χ1) is 10.3. The van der Waals surface area contributed by atoms with E-state index < -0.39 is 15.8 Å². The lowest BCUT2D eigenvalue weighted by Crippen LogP contribution is -2.42. The Hall–Kier alpha value is -1.47. The molecule has 122 valence electrons. The van der Waals surface area contributed by atoms with E-state index in [1.54, 1.807) is 19.1 Å². The Morgan fingerprint density at radius 2 is 2.00 bits per heavy atom. The van der Waals surface area contributed by atoms with Crippen molar-refractivity contribution in [3.8, 4) is 0 Å². The standard InChI is InChI=1S/C15H21FN2O3S/c1-3-22(20,21)18-8-6-12(7-9-18)15(19)17-14-10-11(2)4-5-13(14)16/h4-5,10,12H,3,6-9H2,1-2H3,(H,17,19). The molecule has 1 amide bonds. The number of halogens is 1. The predicted octanol–water partition coefficient (Wildman–Crippen LogP) is 2.13. The van der Waals surface area contributed by atoms with Crippen molar-refractivity contribution in [2.45, 2.75) is 26.7 Å². The van der Waals surface area contributed by atoms with Crippen LogP contribution in [0.5, 0.6) is 0 Å². The molecule has 0 spiro atoms. The molecule has 1 N–H and O–H groups in total. The number of nitrogens with one attached hydrogen (secondary N) is 1. The van der Waals surface area contributed by atoms with E-state index in [1.165, 1.54) is 10.4 Å². The van der Waals surface area contributed by atoms with Gasteiger partial charge in [-0.05, 0) is 44.4 Å². The monoisotopic (exact) mass is 328 g/mol. The summed E-state index contributed by atoms with van der Waals surface area (Å²) in [7, 11) is -3.20. The minimum absolute atomic E-state index is 0.0678. The van der Waals surface area contributed by atoms with Crippen LogP contribution in [0.2, 0.25) is 0 Å². The van der Waals surface area contributed by atoms with E-state index in [0.717, 1.165) is 5.56 Å². The van der Waals surface area contributed by atoms with Crippen molar-refractivity contribution in [2.24, 2.45) is 5.92 Å². The Balaban J connectivity index is 1.97. The minimum atomic E-state index is -3.20. The Morgan fingerprint density at radius 1 is 1.36 bits per heavy atom. The lowest BCUT2D eigenvalue weighted by molar-refractivity contribution is -0.120. The number of sulfonamides is 1. The highest BCUT2D eigenvalue weighted by Crippen LogP contribution is 2.23. The fourth-order valence-electron chi connectivity index (χ4n) is 2.55. The van der Waals surface area contributed by atoms with Crippen molar-refractivity contribution in [3.05, 3.63) is 29.6 Å². The zero-order valence-corrected chi connectivity index (χ0v) is 13.6. The average Bonchev–Trinajstić information content (AvgIpc) is 2.51. The quantitative estimate of drug-likeness (QED) is 0.921. The molecular formula is C15H21FN2O3S. The van der Waals surface area contributed by atoms with Crippen LogP contribution in [0.25, 0.3) is 0 Å². The maximum absolute atomic E-state index is 13.7. The predicted molar refractivity (Wildman–Crippen MR) is 83.5 cm³/mol. The molecule has 2 rings (SSSR count). The summed E-state index contributed by atoms with van der Waals surface area (Å²) in [5, 5.41) is 2.61. The highest BCUT2D eigenvalue weighted by atomic mass is 32.2. The third-order valence-electron chi connectivity index (χ3n) is 3.96. The molecular weight excluding hydrogens is 307 g/mol. The summed E-state index contributed by atoms with van der Waals surface area (Å²) in [5.74, 6) is -0.940. The van der Waals surface area contributed by atoms with Crippen LogP contribution in [0.3, 0.4) is 0 Å². The minimum Gasteiger partial charge on any atom is -0.323 e. The summed E-state index contributed by atoms with van der Waals surface area (Å²) in [6.45, 7) is 4.10. The summed E-state index contributed by atoms with van der Waals surface area (Å²) >= 11 is 0. The molecule has 0 unspecified atom stereocenters. The molecule has 7 heteroatoms. The maximum Gasteiger partial charge on any atom is 0.227 e. The number of hydrogen-bond donors (Lipinski definition) is 1. The number of nitrogens with zero attached hydrogens (tertiary/aromatic N) is 1. The van der Waals surface area contributed by atoms with Gasteiger partial charge in [0.25, 0.3) is 0 Å². The molecule has 1 aliphatic rings. The van der Waals surface area contributed by atoms with Gasteiger partial charge < -0.3 is 5.32 Å². The van der Waals surface area contributed by atoms with Gasteiger partial charge in [-0.1, -0.05) is 6.07 Å². The number of hydrogen-bond acceptors (Lipinski definition) is 3. The summed E-state index contributed by atoms with van der Waals surface area (Å²) in [5.41, 5.74) is 1.04. The third kappa shape index (κ3) is 3.84. The van der Waals surface area contributed by atoms with Gasteiger partial charge in [0.1, 0.15) is 5.82 Å². The van der Waals surface area contributed by atoms with Crippen LogP contribution in [-0.2, 0) is 14.8 Å². The van der Waals surface area contributed by atoms with Crippen molar-refractivity contribution >= 4 is 21.6 Å². The number of piperidine rings is 1. The molecule has 1 aromatic carbocycles. The molecule has 1 aromatic rings. The Bertz CT molecular complexity index is 653.